The van der Waals surface area contributed by atoms with E-state index in [0.29, 0.717) is 0 Å². The minimum atomic E-state index is -1.13. The third-order valence-electron chi connectivity index (χ3n) is 5.29. The van der Waals surface area contributed by atoms with E-state index in [-0.39, 0.29) is 35.4 Å². The predicted molar refractivity (Wildman–Crippen MR) is 89.2 cm³/mol. The molecule has 132 valence electrons. The van der Waals surface area contributed by atoms with E-state index in [2.05, 4.69) is 6.58 Å². The topological polar surface area (TPSA) is 83.9 Å². The average molecular weight is 353 g/mol. The van der Waals surface area contributed by atoms with Gasteiger partial charge in [-0.1, -0.05) is 19.1 Å². The van der Waals surface area contributed by atoms with Crippen molar-refractivity contribution in [2.24, 2.45) is 11.8 Å². The zero-order valence-corrected chi connectivity index (χ0v) is 14.8. The first-order valence-corrected chi connectivity index (χ1v) is 9.87. The Balaban J connectivity index is 2.04. The average Bonchev–Trinajstić information content (AvgIpc) is 2.82. The lowest BCUT2D eigenvalue weighted by atomic mass is 9.72. The lowest BCUT2D eigenvalue weighted by molar-refractivity contribution is -0.164. The summed E-state index contributed by atoms with van der Waals surface area (Å²) in [5.74, 6) is -1.33. The first kappa shape index (κ1) is 17.4. The number of hydrogen-bond donors (Lipinski definition) is 1. The van der Waals surface area contributed by atoms with Gasteiger partial charge in [0.15, 0.2) is 0 Å². The van der Waals surface area contributed by atoms with Crippen molar-refractivity contribution in [1.82, 2.24) is 4.90 Å². The molecule has 6 nitrogen and oxygen atoms in total. The third kappa shape index (κ3) is 2.45. The molecule has 6 atom stereocenters. The molecule has 0 spiro atoms. The number of carbonyl (C=O) groups excluding carboxylic acids is 2. The van der Waals surface area contributed by atoms with Crippen LogP contribution in [0.1, 0.15) is 26.2 Å². The van der Waals surface area contributed by atoms with Gasteiger partial charge < -0.3 is 14.7 Å². The van der Waals surface area contributed by atoms with Crippen molar-refractivity contribution in [2.75, 3.05) is 12.9 Å². The molecule has 0 aromatic rings. The van der Waals surface area contributed by atoms with E-state index < -0.39 is 28.8 Å². The number of fused-ring (bicyclic) bond motifs is 3. The number of esters is 1. The zero-order chi connectivity index (χ0) is 17.6. The minimum Gasteiger partial charge on any atom is -0.457 e. The fourth-order valence-corrected chi connectivity index (χ4v) is 5.51. The molecule has 1 N–H and O–H groups in total. The van der Waals surface area contributed by atoms with Crippen LogP contribution in [0.3, 0.4) is 0 Å². The lowest BCUT2D eigenvalue weighted by Crippen LogP contribution is -2.64. The Morgan fingerprint density at radius 1 is 1.54 bits per heavy atom. The third-order valence-corrected chi connectivity index (χ3v) is 6.58. The van der Waals surface area contributed by atoms with Crippen LogP contribution < -0.4 is 0 Å². The highest BCUT2D eigenvalue weighted by atomic mass is 32.2. The van der Waals surface area contributed by atoms with Gasteiger partial charge in [-0.15, -0.1) is 0 Å². The van der Waals surface area contributed by atoms with Crippen molar-refractivity contribution in [1.29, 1.82) is 0 Å². The molecule has 1 amide bonds. The number of nitrogens with zero attached hydrogens (tertiary/aromatic N) is 1. The number of rotatable bonds is 5. The second-order valence-electron chi connectivity index (χ2n) is 6.68. The summed E-state index contributed by atoms with van der Waals surface area (Å²) in [6, 6.07) is -0.217. The van der Waals surface area contributed by atoms with Crippen molar-refractivity contribution < 1.29 is 23.6 Å². The second-order valence-corrected chi connectivity index (χ2v) is 8.25. The molecule has 3 aliphatic rings. The molecule has 2 fully saturated rings. The van der Waals surface area contributed by atoms with Gasteiger partial charge in [0.1, 0.15) is 12.3 Å². The van der Waals surface area contributed by atoms with Crippen LogP contribution in [0, 0.1) is 11.8 Å². The summed E-state index contributed by atoms with van der Waals surface area (Å²) in [4.78, 5) is 26.6. The standard InChI is InChI=1S/C17H23NO5S/c1-4-8-23-17(21)15-13-10(6-5-7-11(13)24(3)22)14-12(9(2)19)16(20)18(14)15/h4,9-12,14,19H,1,5-8H2,2-3H3. The largest absolute Gasteiger partial charge is 0.457 e. The monoisotopic (exact) mass is 353 g/mol. The van der Waals surface area contributed by atoms with Crippen LogP contribution in [0.5, 0.6) is 0 Å². The zero-order valence-electron chi connectivity index (χ0n) is 13.9. The van der Waals surface area contributed by atoms with Crippen LogP contribution >= 0.6 is 0 Å². The molecule has 1 saturated carbocycles. The summed E-state index contributed by atoms with van der Waals surface area (Å²) in [5, 5.41) is 9.73. The summed E-state index contributed by atoms with van der Waals surface area (Å²) in [6.07, 6.45) is 4.81. The number of aliphatic hydroxyl groups is 1. The van der Waals surface area contributed by atoms with E-state index in [4.69, 9.17) is 4.74 Å². The molecule has 2 heterocycles. The smallest absolute Gasteiger partial charge is 0.355 e. The van der Waals surface area contributed by atoms with Crippen LogP contribution in [-0.4, -0.2) is 56.4 Å². The molecular weight excluding hydrogens is 330 g/mol. The van der Waals surface area contributed by atoms with Crippen LogP contribution in [0.2, 0.25) is 0 Å². The van der Waals surface area contributed by atoms with Crippen LogP contribution in [0.15, 0.2) is 23.9 Å². The van der Waals surface area contributed by atoms with E-state index in [9.17, 15) is 18.9 Å². The van der Waals surface area contributed by atoms with Crippen LogP contribution in [0.25, 0.3) is 0 Å². The van der Waals surface area contributed by atoms with Crippen LogP contribution in [0.4, 0.5) is 0 Å². The van der Waals surface area contributed by atoms with Gasteiger partial charge in [0.05, 0.1) is 23.3 Å². The number of β-lactam (4-membered cyclic amide) rings is 1. The maximum atomic E-state index is 12.6. The van der Waals surface area contributed by atoms with Gasteiger partial charge in [-0.05, 0) is 25.3 Å². The Morgan fingerprint density at radius 3 is 2.83 bits per heavy atom. The summed E-state index contributed by atoms with van der Waals surface area (Å²) < 4.78 is 17.4. The second kappa shape index (κ2) is 6.44. The van der Waals surface area contributed by atoms with Gasteiger partial charge in [0, 0.05) is 23.0 Å². The first-order valence-electron chi connectivity index (χ1n) is 8.25. The van der Waals surface area contributed by atoms with E-state index in [1.165, 1.54) is 11.0 Å². The molecule has 24 heavy (non-hydrogen) atoms. The molecule has 1 aliphatic carbocycles. The molecule has 0 aromatic heterocycles. The molecule has 0 bridgehead atoms. The number of aliphatic hydroxyl groups excluding tert-OH is 1. The molecule has 1 saturated heterocycles. The van der Waals surface area contributed by atoms with Crippen molar-refractivity contribution in [3.05, 3.63) is 23.9 Å². The number of hydrogen-bond acceptors (Lipinski definition) is 5. The Labute approximate surface area is 144 Å². The first-order chi connectivity index (χ1) is 11.4. The predicted octanol–water partition coefficient (Wildman–Crippen LogP) is 0.738. The molecule has 6 unspecified atom stereocenters. The Kier molecular flexibility index (Phi) is 4.66. The maximum absolute atomic E-state index is 12.6. The summed E-state index contributed by atoms with van der Waals surface area (Å²) in [7, 11) is -1.13. The lowest BCUT2D eigenvalue weighted by Gasteiger charge is -2.47. The molecule has 7 heteroatoms. The minimum absolute atomic E-state index is 0.0174. The normalized spacial score (nSPS) is 34.1. The SMILES string of the molecule is C=CCOC(=O)C1=C2C(CCCC2S(C)=O)C2C(C(C)O)C(=O)N12. The molecular formula is C17H23NO5S. The quantitative estimate of drug-likeness (QED) is 0.448. The van der Waals surface area contributed by atoms with Crippen molar-refractivity contribution >= 4 is 22.7 Å². The summed E-state index contributed by atoms with van der Waals surface area (Å²) >= 11 is 0. The summed E-state index contributed by atoms with van der Waals surface area (Å²) in [6.45, 7) is 5.19. The molecule has 0 radical (unpaired) electrons. The number of carbonyl (C=O) groups is 2. The van der Waals surface area contributed by atoms with Crippen LogP contribution in [-0.2, 0) is 25.1 Å². The Morgan fingerprint density at radius 2 is 2.25 bits per heavy atom. The van der Waals surface area contributed by atoms with Crippen molar-refractivity contribution in [3.8, 4) is 0 Å². The van der Waals surface area contributed by atoms with Gasteiger partial charge in [0.2, 0.25) is 5.91 Å². The molecule has 2 aliphatic heterocycles. The summed E-state index contributed by atoms with van der Waals surface area (Å²) in [5.41, 5.74) is 1.05. The van der Waals surface area contributed by atoms with E-state index in [1.54, 1.807) is 13.2 Å². The van der Waals surface area contributed by atoms with Gasteiger partial charge in [-0.2, -0.15) is 0 Å². The highest BCUT2D eigenvalue weighted by molar-refractivity contribution is 7.85. The van der Waals surface area contributed by atoms with Gasteiger partial charge in [-0.3, -0.25) is 9.00 Å². The van der Waals surface area contributed by atoms with E-state index in [0.717, 1.165) is 24.8 Å². The number of ether oxygens (including phenoxy) is 1. The van der Waals surface area contributed by atoms with Gasteiger partial charge in [0.25, 0.3) is 0 Å². The van der Waals surface area contributed by atoms with E-state index in [1.807, 2.05) is 0 Å². The highest BCUT2D eigenvalue weighted by Crippen LogP contribution is 2.53. The van der Waals surface area contributed by atoms with Gasteiger partial charge >= 0.3 is 5.97 Å². The fraction of sp³-hybridized carbons (Fsp3) is 0.647. The fourth-order valence-electron chi connectivity index (χ4n) is 4.37. The maximum Gasteiger partial charge on any atom is 0.355 e. The highest BCUT2D eigenvalue weighted by Gasteiger charge is 2.62. The molecule has 3 rings (SSSR count). The number of amides is 1. The Hall–Kier alpha value is -1.47. The van der Waals surface area contributed by atoms with Crippen molar-refractivity contribution in [3.63, 3.8) is 0 Å². The van der Waals surface area contributed by atoms with E-state index >= 15 is 0 Å². The van der Waals surface area contributed by atoms with Crippen molar-refractivity contribution in [2.45, 2.75) is 43.6 Å². The Bertz CT molecular complexity index is 641. The molecule has 0 aromatic carbocycles. The van der Waals surface area contributed by atoms with Gasteiger partial charge in [-0.25, -0.2) is 4.79 Å².